The van der Waals surface area contributed by atoms with Crippen LogP contribution in [0.3, 0.4) is 0 Å². The van der Waals surface area contributed by atoms with Gasteiger partial charge < -0.3 is 0 Å². The van der Waals surface area contributed by atoms with E-state index in [0.717, 1.165) is 12.8 Å². The van der Waals surface area contributed by atoms with Crippen molar-refractivity contribution in [2.24, 2.45) is 11.8 Å². The van der Waals surface area contributed by atoms with Gasteiger partial charge in [0.05, 0.1) is 0 Å². The van der Waals surface area contributed by atoms with Gasteiger partial charge in [-0.25, -0.2) is 0 Å². The van der Waals surface area contributed by atoms with Crippen LogP contribution in [0.25, 0.3) is 56.7 Å². The number of fused-ring (bicyclic) bond motifs is 5. The average molecular weight is 990 g/mol. The van der Waals surface area contributed by atoms with Gasteiger partial charge >= 0.3 is 405 Å². The number of benzene rings is 8. The zero-order chi connectivity index (χ0) is 45.2. The fraction of sp³-hybridized carbons (Fsp3) is 0.161. The molecule has 0 saturated carbocycles. The zero-order valence-electron chi connectivity index (χ0n) is 38.2. The summed E-state index contributed by atoms with van der Waals surface area (Å²) >= 11 is -6.00. The van der Waals surface area contributed by atoms with Crippen molar-refractivity contribution in [2.75, 3.05) is 0 Å². The molecule has 2 unspecified atom stereocenters. The average Bonchev–Trinajstić information content (AvgIpc) is 4.05. The second-order valence-electron chi connectivity index (χ2n) is 19.7. The maximum absolute atomic E-state index is 9.66. The Morgan fingerprint density at radius 2 is 0.848 bits per heavy atom. The molecule has 0 spiro atoms. The van der Waals surface area contributed by atoms with Crippen molar-refractivity contribution in [2.45, 2.75) is 47.8 Å². The standard InChI is InChI=1S/2C25H23.C12H9Si.2ClH.Zr/c2*1-18(2)15-22-14-13-21-16-23(19-9-5-3-6-10-19)17-24(21)25(22)20-11-7-4-8-12-20;1-3-7-11-9(5-1)10-6-2-4-8-12(10)13-11;;;/h2*3-14,16-18H,15H2,1-2H3;1-7H,13H2;2*1H;/q;;;;;+2/p-2. The molecule has 2 atom stereocenters. The van der Waals surface area contributed by atoms with E-state index >= 15 is 0 Å². The molecule has 1 heterocycles. The Hall–Kier alpha value is -5.08. The molecule has 0 bridgehead atoms. The van der Waals surface area contributed by atoms with Crippen molar-refractivity contribution in [3.8, 4) is 33.4 Å². The second-order valence-corrected chi connectivity index (χ2v) is 42.2. The molecule has 0 nitrogen and oxygen atoms in total. The van der Waals surface area contributed by atoms with E-state index in [1.54, 1.807) is 0 Å². The predicted octanol–water partition coefficient (Wildman–Crippen LogP) is 14.7. The number of halogens is 2. The Kier molecular flexibility index (Phi) is 11.3. The molecular formula is C62H55Cl2SiZr. The second kappa shape index (κ2) is 17.2. The van der Waals surface area contributed by atoms with Crippen LogP contribution in [0.5, 0.6) is 0 Å². The van der Waals surface area contributed by atoms with Crippen LogP contribution in [-0.4, -0.2) is 9.52 Å². The summed E-state index contributed by atoms with van der Waals surface area (Å²) in [4.78, 5) is 0. The fourth-order valence-corrected chi connectivity index (χ4v) is 39.1. The van der Waals surface area contributed by atoms with Gasteiger partial charge in [-0.2, -0.15) is 0 Å². The van der Waals surface area contributed by atoms with E-state index in [2.05, 4.69) is 228 Å². The van der Waals surface area contributed by atoms with Crippen LogP contribution < -0.4 is 13.6 Å². The Morgan fingerprint density at radius 3 is 1.30 bits per heavy atom. The molecule has 0 saturated heterocycles. The van der Waals surface area contributed by atoms with E-state index in [9.17, 15) is 17.0 Å². The summed E-state index contributed by atoms with van der Waals surface area (Å²) in [5, 5.41) is 2.90. The third-order valence-electron chi connectivity index (χ3n) is 14.6. The van der Waals surface area contributed by atoms with Crippen LogP contribution >= 0.6 is 17.0 Å². The molecule has 2 aliphatic carbocycles. The van der Waals surface area contributed by atoms with Gasteiger partial charge in [0.1, 0.15) is 0 Å². The van der Waals surface area contributed by atoms with Crippen LogP contribution in [-0.2, 0) is 29.2 Å². The molecule has 0 N–H and O–H groups in total. The summed E-state index contributed by atoms with van der Waals surface area (Å²) in [6.45, 7) is 9.31. The molecule has 4 heteroatoms. The summed E-state index contributed by atoms with van der Waals surface area (Å²) in [6, 6.07) is 70.0. The molecule has 0 aromatic heterocycles. The van der Waals surface area contributed by atoms with Gasteiger partial charge in [-0.05, 0) is 0 Å². The van der Waals surface area contributed by atoms with Crippen LogP contribution in [0.1, 0.15) is 79.5 Å². The predicted molar refractivity (Wildman–Crippen MR) is 286 cm³/mol. The van der Waals surface area contributed by atoms with Crippen molar-refractivity contribution in [1.82, 2.24) is 0 Å². The Balaban J connectivity index is 1.29. The SMILES string of the molecule is CC(C)Cc1ccc2c(c1-c1ccccc1)C=C(c1ccccc1)[CH]2[Zr]([Cl])([Cl])([c]1cccc2c1[SiH2]c1ccccc1-2)[CH]1C(c2ccccc2)=Cc2c1ccc(CC(C)C)c2-c1ccccc1. The Morgan fingerprint density at radius 1 is 0.439 bits per heavy atom. The van der Waals surface area contributed by atoms with Crippen LogP contribution in [0.2, 0.25) is 0 Å². The first-order chi connectivity index (χ1) is 32.1. The fourth-order valence-electron chi connectivity index (χ4n) is 12.1. The molecule has 1 aliphatic heterocycles. The number of hydrogen-bond donors (Lipinski definition) is 0. The molecule has 0 amide bonds. The normalized spacial score (nSPS) is 16.9. The van der Waals surface area contributed by atoms with Gasteiger partial charge in [0.2, 0.25) is 0 Å². The monoisotopic (exact) mass is 987 g/mol. The number of rotatable bonds is 11. The topological polar surface area (TPSA) is 0 Å². The van der Waals surface area contributed by atoms with E-state index in [1.165, 1.54) is 103 Å². The molecule has 0 fully saturated rings. The van der Waals surface area contributed by atoms with Crippen molar-refractivity contribution in [3.63, 3.8) is 0 Å². The van der Waals surface area contributed by atoms with E-state index < -0.39 is 25.9 Å². The van der Waals surface area contributed by atoms with E-state index in [0.29, 0.717) is 11.8 Å². The third kappa shape index (κ3) is 7.18. The summed E-state index contributed by atoms with van der Waals surface area (Å²) < 4.78 is 0.690. The Bertz CT molecular complexity index is 3040. The zero-order valence-corrected chi connectivity index (χ0v) is 43.6. The van der Waals surface area contributed by atoms with E-state index in [1.807, 2.05) is 0 Å². The summed E-state index contributed by atoms with van der Waals surface area (Å²) in [7, 11) is 18.4. The number of hydrogen-bond acceptors (Lipinski definition) is 0. The molecule has 3 aliphatic rings. The van der Waals surface area contributed by atoms with E-state index in [4.69, 9.17) is 0 Å². The molecule has 11 rings (SSSR count). The van der Waals surface area contributed by atoms with Gasteiger partial charge in [0.15, 0.2) is 0 Å². The summed E-state index contributed by atoms with van der Waals surface area (Å²) in [5.41, 5.74) is 20.3. The first-order valence-corrected chi connectivity index (χ1v) is 35.7. The van der Waals surface area contributed by atoms with Gasteiger partial charge in [-0.15, -0.1) is 0 Å². The van der Waals surface area contributed by atoms with Gasteiger partial charge in [0.25, 0.3) is 0 Å². The van der Waals surface area contributed by atoms with Crippen molar-refractivity contribution < 1.29 is 16.4 Å². The summed E-state index contributed by atoms with van der Waals surface area (Å²) in [5.74, 6) is 0.967. The molecular weight excluding hydrogens is 935 g/mol. The quantitative estimate of drug-likeness (QED) is 0.113. The summed E-state index contributed by atoms with van der Waals surface area (Å²) in [6.07, 6.45) is 6.97. The van der Waals surface area contributed by atoms with Crippen LogP contribution in [0.4, 0.5) is 0 Å². The molecule has 325 valence electrons. The van der Waals surface area contributed by atoms with Crippen LogP contribution in [0, 0.1) is 11.8 Å². The maximum atomic E-state index is 9.66. The van der Waals surface area contributed by atoms with E-state index in [-0.39, 0.29) is 7.25 Å². The molecule has 8 aromatic rings. The van der Waals surface area contributed by atoms with Crippen molar-refractivity contribution in [1.29, 1.82) is 0 Å². The van der Waals surface area contributed by atoms with Crippen LogP contribution in [0.15, 0.2) is 188 Å². The third-order valence-corrected chi connectivity index (χ3v) is 37.1. The minimum absolute atomic E-state index is 0.273. The van der Waals surface area contributed by atoms with Gasteiger partial charge in [-0.1, -0.05) is 0 Å². The van der Waals surface area contributed by atoms with Crippen molar-refractivity contribution >= 4 is 63.5 Å². The first kappa shape index (κ1) is 43.5. The van der Waals surface area contributed by atoms with Crippen molar-refractivity contribution in [3.05, 3.63) is 233 Å². The van der Waals surface area contributed by atoms with Gasteiger partial charge in [0, 0.05) is 0 Å². The molecule has 66 heavy (non-hydrogen) atoms. The number of allylic oxidation sites excluding steroid dienone is 2. The Labute approximate surface area is 402 Å². The molecule has 0 radical (unpaired) electrons. The molecule has 8 aromatic carbocycles. The first-order valence-electron chi connectivity index (χ1n) is 23.8. The van der Waals surface area contributed by atoms with Gasteiger partial charge in [-0.3, -0.25) is 0 Å². The minimum atomic E-state index is -6.00.